The molecule has 0 unspecified atom stereocenters. The Balaban J connectivity index is 1.98. The highest BCUT2D eigenvalue weighted by atomic mass is 79.9. The first kappa shape index (κ1) is 15.4. The molecule has 0 heterocycles. The monoisotopic (exact) mass is 353 g/mol. The number of alkyl halides is 3. The summed E-state index contributed by atoms with van der Waals surface area (Å²) in [4.78, 5) is 0. The maximum atomic E-state index is 12.1. The largest absolute Gasteiger partial charge is 0.573 e. The summed E-state index contributed by atoms with van der Waals surface area (Å²) in [5, 5.41) is 0. The van der Waals surface area contributed by atoms with Crippen molar-refractivity contribution in [3.8, 4) is 11.5 Å². The summed E-state index contributed by atoms with van der Waals surface area (Å²) in [5.74, 6) is 0.238. The van der Waals surface area contributed by atoms with Crippen molar-refractivity contribution in [2.24, 2.45) is 5.73 Å². The van der Waals surface area contributed by atoms with Crippen molar-refractivity contribution in [3.63, 3.8) is 0 Å². The first-order valence-corrected chi connectivity index (χ1v) is 7.10. The highest BCUT2D eigenvalue weighted by molar-refractivity contribution is 9.10. The second kappa shape index (κ2) is 6.22. The van der Waals surface area contributed by atoms with Crippen LogP contribution in [0.2, 0.25) is 0 Å². The molecule has 0 bridgehead atoms. The molecule has 0 spiro atoms. The first-order valence-electron chi connectivity index (χ1n) is 6.31. The molecule has 0 radical (unpaired) electrons. The Hall–Kier alpha value is -0.950. The molecule has 1 fully saturated rings. The van der Waals surface area contributed by atoms with Crippen molar-refractivity contribution < 1.29 is 22.6 Å². The predicted molar refractivity (Wildman–Crippen MR) is 71.7 cm³/mol. The highest BCUT2D eigenvalue weighted by Gasteiger charge is 2.32. The van der Waals surface area contributed by atoms with Crippen molar-refractivity contribution >= 4 is 15.9 Å². The van der Waals surface area contributed by atoms with Gasteiger partial charge in [0.2, 0.25) is 0 Å². The molecule has 1 aromatic rings. The normalized spacial score (nSPS) is 23.4. The number of ether oxygens (including phenoxy) is 2. The van der Waals surface area contributed by atoms with Crippen molar-refractivity contribution in [1.82, 2.24) is 0 Å². The van der Waals surface area contributed by atoms with Crippen LogP contribution in [0, 0.1) is 0 Å². The molecular formula is C13H15BrF3NO2. The van der Waals surface area contributed by atoms with E-state index in [4.69, 9.17) is 10.5 Å². The quantitative estimate of drug-likeness (QED) is 0.893. The summed E-state index contributed by atoms with van der Waals surface area (Å²) in [6.45, 7) is 0. The number of benzene rings is 1. The average molecular weight is 354 g/mol. The lowest BCUT2D eigenvalue weighted by Gasteiger charge is -2.27. The van der Waals surface area contributed by atoms with Crippen molar-refractivity contribution in [2.45, 2.75) is 44.2 Å². The van der Waals surface area contributed by atoms with E-state index in [-0.39, 0.29) is 22.4 Å². The fourth-order valence-electron chi connectivity index (χ4n) is 2.16. The lowest BCUT2D eigenvalue weighted by atomic mass is 9.94. The van der Waals surface area contributed by atoms with Gasteiger partial charge in [-0.25, -0.2) is 0 Å². The third-order valence-electron chi connectivity index (χ3n) is 3.15. The zero-order valence-corrected chi connectivity index (χ0v) is 12.2. The van der Waals surface area contributed by atoms with Gasteiger partial charge in [0.15, 0.2) is 0 Å². The maximum absolute atomic E-state index is 12.1. The van der Waals surface area contributed by atoms with Crippen LogP contribution in [0.1, 0.15) is 25.7 Å². The zero-order valence-electron chi connectivity index (χ0n) is 10.6. The van der Waals surface area contributed by atoms with Gasteiger partial charge >= 0.3 is 6.36 Å². The van der Waals surface area contributed by atoms with Crippen LogP contribution in [0.15, 0.2) is 22.7 Å². The van der Waals surface area contributed by atoms with Crippen LogP contribution < -0.4 is 15.2 Å². The number of halogens is 4. The first-order chi connectivity index (χ1) is 9.33. The minimum atomic E-state index is -4.70. The van der Waals surface area contributed by atoms with E-state index in [2.05, 4.69) is 20.7 Å². The molecule has 20 heavy (non-hydrogen) atoms. The Morgan fingerprint density at radius 2 is 1.80 bits per heavy atom. The molecule has 7 heteroatoms. The third-order valence-corrected chi connectivity index (χ3v) is 3.77. The lowest BCUT2D eigenvalue weighted by molar-refractivity contribution is -0.274. The summed E-state index contributed by atoms with van der Waals surface area (Å²) in [7, 11) is 0. The molecule has 0 aliphatic heterocycles. The van der Waals surface area contributed by atoms with E-state index in [0.717, 1.165) is 25.7 Å². The van der Waals surface area contributed by atoms with Crippen LogP contribution in [0.3, 0.4) is 0 Å². The average Bonchev–Trinajstić information content (AvgIpc) is 2.34. The van der Waals surface area contributed by atoms with Gasteiger partial charge in [-0.2, -0.15) is 0 Å². The Bertz CT molecular complexity index is 459. The highest BCUT2D eigenvalue weighted by Crippen LogP contribution is 2.34. The molecule has 0 aromatic heterocycles. The van der Waals surface area contributed by atoms with Gasteiger partial charge in [-0.05, 0) is 59.8 Å². The number of nitrogens with two attached hydrogens (primary N) is 1. The van der Waals surface area contributed by atoms with E-state index in [9.17, 15) is 13.2 Å². The molecule has 2 rings (SSSR count). The van der Waals surface area contributed by atoms with Gasteiger partial charge < -0.3 is 15.2 Å². The van der Waals surface area contributed by atoms with Crippen LogP contribution in [-0.2, 0) is 0 Å². The molecule has 1 saturated carbocycles. The topological polar surface area (TPSA) is 44.5 Å². The minimum Gasteiger partial charge on any atom is -0.490 e. The summed E-state index contributed by atoms with van der Waals surface area (Å²) in [6.07, 6.45) is -1.11. The van der Waals surface area contributed by atoms with E-state index in [1.54, 1.807) is 0 Å². The second-order valence-corrected chi connectivity index (χ2v) is 5.65. The van der Waals surface area contributed by atoms with Crippen LogP contribution in [0.25, 0.3) is 0 Å². The minimum absolute atomic E-state index is 0.0658. The summed E-state index contributed by atoms with van der Waals surface area (Å²) < 4.78 is 46.3. The Kier molecular flexibility index (Phi) is 4.80. The van der Waals surface area contributed by atoms with E-state index >= 15 is 0 Å². The molecule has 1 aromatic carbocycles. The Labute approximate surface area is 123 Å². The van der Waals surface area contributed by atoms with Gasteiger partial charge in [0.05, 0.1) is 10.6 Å². The molecule has 0 amide bonds. The van der Waals surface area contributed by atoms with E-state index in [1.165, 1.54) is 18.2 Å². The van der Waals surface area contributed by atoms with E-state index in [0.29, 0.717) is 5.75 Å². The van der Waals surface area contributed by atoms with Gasteiger partial charge in [-0.3, -0.25) is 0 Å². The fraction of sp³-hybridized carbons (Fsp3) is 0.538. The standard InChI is InChI=1S/C13H15BrF3NO2/c14-11-7-10(5-6-12(11)20-13(15,16)17)19-9-3-1-8(18)2-4-9/h5-9H,1-4,18H2. The zero-order chi connectivity index (χ0) is 14.8. The van der Waals surface area contributed by atoms with Gasteiger partial charge in [-0.1, -0.05) is 0 Å². The molecule has 1 aliphatic carbocycles. The molecule has 3 nitrogen and oxygen atoms in total. The lowest BCUT2D eigenvalue weighted by Crippen LogP contribution is -2.31. The van der Waals surface area contributed by atoms with Crippen molar-refractivity contribution in [1.29, 1.82) is 0 Å². The summed E-state index contributed by atoms with van der Waals surface area (Å²) >= 11 is 3.05. The van der Waals surface area contributed by atoms with E-state index in [1.807, 2.05) is 0 Å². The maximum Gasteiger partial charge on any atom is 0.573 e. The molecule has 0 saturated heterocycles. The molecule has 0 atom stereocenters. The molecular weight excluding hydrogens is 339 g/mol. The summed E-state index contributed by atoms with van der Waals surface area (Å²) in [6, 6.07) is 4.42. The number of hydrogen-bond donors (Lipinski definition) is 1. The molecule has 1 aliphatic rings. The second-order valence-electron chi connectivity index (χ2n) is 4.79. The van der Waals surface area contributed by atoms with Crippen LogP contribution >= 0.6 is 15.9 Å². The number of hydrogen-bond acceptors (Lipinski definition) is 3. The molecule has 112 valence electrons. The van der Waals surface area contributed by atoms with Crippen LogP contribution in [0.5, 0.6) is 11.5 Å². The van der Waals surface area contributed by atoms with E-state index < -0.39 is 6.36 Å². The van der Waals surface area contributed by atoms with Crippen LogP contribution in [-0.4, -0.2) is 18.5 Å². The predicted octanol–water partition coefficient (Wildman–Crippen LogP) is 4.00. The van der Waals surface area contributed by atoms with Crippen molar-refractivity contribution in [2.75, 3.05) is 0 Å². The Morgan fingerprint density at radius 3 is 2.35 bits per heavy atom. The van der Waals surface area contributed by atoms with Gasteiger partial charge in [0.25, 0.3) is 0 Å². The number of rotatable bonds is 3. The SMILES string of the molecule is NC1CCC(Oc2ccc(OC(F)(F)F)c(Br)c2)CC1. The fourth-order valence-corrected chi connectivity index (χ4v) is 2.60. The van der Waals surface area contributed by atoms with Crippen molar-refractivity contribution in [3.05, 3.63) is 22.7 Å². The Morgan fingerprint density at radius 1 is 1.15 bits per heavy atom. The van der Waals surface area contributed by atoms with Gasteiger partial charge in [0.1, 0.15) is 11.5 Å². The smallest absolute Gasteiger partial charge is 0.490 e. The van der Waals surface area contributed by atoms with Gasteiger partial charge in [0, 0.05) is 6.04 Å². The van der Waals surface area contributed by atoms with Crippen LogP contribution in [0.4, 0.5) is 13.2 Å². The third kappa shape index (κ3) is 4.56. The molecule has 2 N–H and O–H groups in total. The summed E-state index contributed by atoms with van der Waals surface area (Å²) in [5.41, 5.74) is 5.81. The van der Waals surface area contributed by atoms with Gasteiger partial charge in [-0.15, -0.1) is 13.2 Å².